The molecule has 0 aliphatic rings. The van der Waals surface area contributed by atoms with E-state index in [1.807, 2.05) is 44.3 Å². The van der Waals surface area contributed by atoms with Crippen molar-refractivity contribution in [3.05, 3.63) is 48.0 Å². The maximum atomic E-state index is 12.1. The average molecular weight is 229 g/mol. The predicted molar refractivity (Wildman–Crippen MR) is 64.6 cm³/mol. The van der Waals surface area contributed by atoms with E-state index >= 15 is 0 Å². The van der Waals surface area contributed by atoms with E-state index in [9.17, 15) is 4.79 Å². The Morgan fingerprint density at radius 1 is 1.35 bits per heavy atom. The highest BCUT2D eigenvalue weighted by Crippen LogP contribution is 2.12. The van der Waals surface area contributed by atoms with Gasteiger partial charge in [-0.05, 0) is 0 Å². The third kappa shape index (κ3) is 2.58. The Bertz CT molecular complexity index is 504. The Morgan fingerprint density at radius 3 is 2.65 bits per heavy atom. The molecule has 0 saturated heterocycles. The first-order valence-electron chi connectivity index (χ1n) is 5.60. The summed E-state index contributed by atoms with van der Waals surface area (Å²) in [6.07, 6.45) is 2.12. The molecule has 0 aliphatic carbocycles. The number of carbonyl (C=O) groups excluding carboxylic acids is 1. The minimum Gasteiger partial charge on any atom is -0.294 e. The van der Waals surface area contributed by atoms with Crippen LogP contribution in [0.15, 0.2) is 36.7 Å². The van der Waals surface area contributed by atoms with Crippen LogP contribution in [0.4, 0.5) is 0 Å². The molecule has 1 atom stereocenters. The zero-order valence-electron chi connectivity index (χ0n) is 10.00. The van der Waals surface area contributed by atoms with Gasteiger partial charge in [-0.15, -0.1) is 0 Å². The van der Waals surface area contributed by atoms with E-state index < -0.39 is 0 Å². The summed E-state index contributed by atoms with van der Waals surface area (Å²) in [6.45, 7) is 1.92. The third-order valence-electron chi connectivity index (χ3n) is 2.80. The second-order valence-corrected chi connectivity index (χ2v) is 4.14. The molecular weight excluding hydrogens is 214 g/mol. The van der Waals surface area contributed by atoms with Crippen LogP contribution in [0.2, 0.25) is 0 Å². The lowest BCUT2D eigenvalue weighted by molar-refractivity contribution is 0.0927. The lowest BCUT2D eigenvalue weighted by atomic mass is 9.96. The van der Waals surface area contributed by atoms with Gasteiger partial charge in [-0.25, -0.2) is 4.98 Å². The largest absolute Gasteiger partial charge is 0.294 e. The highest BCUT2D eigenvalue weighted by molar-refractivity contribution is 5.97. The van der Waals surface area contributed by atoms with Crippen LogP contribution in [-0.4, -0.2) is 20.5 Å². The molecule has 0 N–H and O–H groups in total. The summed E-state index contributed by atoms with van der Waals surface area (Å²) in [5, 5.41) is 4.00. The minimum absolute atomic E-state index is 0.0831. The standard InChI is InChI=1S/C13H15N3O/c1-10(8-12-14-9-15-16(12)2)13(17)11-6-4-3-5-7-11/h3-7,9-10H,8H2,1-2H3. The van der Waals surface area contributed by atoms with Crippen LogP contribution in [0, 0.1) is 5.92 Å². The summed E-state index contributed by atoms with van der Waals surface area (Å²) in [5.41, 5.74) is 0.752. The van der Waals surface area contributed by atoms with E-state index in [0.29, 0.717) is 6.42 Å². The number of hydrogen-bond acceptors (Lipinski definition) is 3. The van der Waals surface area contributed by atoms with Crippen molar-refractivity contribution in [2.24, 2.45) is 13.0 Å². The molecule has 0 bridgehead atoms. The first kappa shape index (κ1) is 11.5. The smallest absolute Gasteiger partial charge is 0.166 e. The molecule has 1 heterocycles. The summed E-state index contributed by atoms with van der Waals surface area (Å²) in [5.74, 6) is 0.899. The predicted octanol–water partition coefficient (Wildman–Crippen LogP) is 1.88. The Morgan fingerprint density at radius 2 is 2.06 bits per heavy atom. The van der Waals surface area contributed by atoms with Gasteiger partial charge in [-0.3, -0.25) is 9.48 Å². The quantitative estimate of drug-likeness (QED) is 0.752. The highest BCUT2D eigenvalue weighted by Gasteiger charge is 2.17. The monoisotopic (exact) mass is 229 g/mol. The topological polar surface area (TPSA) is 47.8 Å². The molecule has 0 fully saturated rings. The molecule has 0 spiro atoms. The fourth-order valence-electron chi connectivity index (χ4n) is 1.76. The van der Waals surface area contributed by atoms with Crippen LogP contribution in [0.3, 0.4) is 0 Å². The van der Waals surface area contributed by atoms with E-state index in [1.54, 1.807) is 4.68 Å². The Hall–Kier alpha value is -1.97. The van der Waals surface area contributed by atoms with Gasteiger partial charge in [0.1, 0.15) is 12.2 Å². The molecule has 4 heteroatoms. The van der Waals surface area contributed by atoms with Crippen molar-refractivity contribution in [1.82, 2.24) is 14.8 Å². The second-order valence-electron chi connectivity index (χ2n) is 4.14. The Labute approximate surface area is 100 Å². The molecule has 0 saturated carbocycles. The fourth-order valence-corrected chi connectivity index (χ4v) is 1.76. The SMILES string of the molecule is CC(Cc1ncnn1C)C(=O)c1ccccc1. The lowest BCUT2D eigenvalue weighted by Gasteiger charge is -2.09. The maximum Gasteiger partial charge on any atom is 0.166 e. The van der Waals surface area contributed by atoms with Crippen molar-refractivity contribution in [1.29, 1.82) is 0 Å². The number of benzene rings is 1. The van der Waals surface area contributed by atoms with Crippen molar-refractivity contribution in [3.8, 4) is 0 Å². The number of Topliss-reactive ketones (excluding diaryl/α,β-unsaturated/α-hetero) is 1. The number of aromatic nitrogens is 3. The lowest BCUT2D eigenvalue weighted by Crippen LogP contribution is -2.16. The Kier molecular flexibility index (Phi) is 3.32. The van der Waals surface area contributed by atoms with Crippen molar-refractivity contribution in [3.63, 3.8) is 0 Å². The van der Waals surface area contributed by atoms with Gasteiger partial charge in [0.2, 0.25) is 0 Å². The van der Waals surface area contributed by atoms with Gasteiger partial charge in [-0.1, -0.05) is 37.3 Å². The molecule has 88 valence electrons. The van der Waals surface area contributed by atoms with Crippen molar-refractivity contribution >= 4 is 5.78 Å². The maximum absolute atomic E-state index is 12.1. The van der Waals surface area contributed by atoms with Crippen LogP contribution >= 0.6 is 0 Å². The van der Waals surface area contributed by atoms with Crippen LogP contribution in [0.5, 0.6) is 0 Å². The summed E-state index contributed by atoms with van der Waals surface area (Å²) in [4.78, 5) is 16.3. The third-order valence-corrected chi connectivity index (χ3v) is 2.80. The average Bonchev–Trinajstić information content (AvgIpc) is 2.75. The van der Waals surface area contributed by atoms with Gasteiger partial charge in [0.05, 0.1) is 0 Å². The van der Waals surface area contributed by atoms with Gasteiger partial charge in [0, 0.05) is 24.9 Å². The van der Waals surface area contributed by atoms with Gasteiger partial charge in [0.25, 0.3) is 0 Å². The molecule has 1 aromatic carbocycles. The molecule has 17 heavy (non-hydrogen) atoms. The summed E-state index contributed by atoms with van der Waals surface area (Å²) < 4.78 is 1.70. The van der Waals surface area contributed by atoms with Crippen LogP contribution < -0.4 is 0 Å². The van der Waals surface area contributed by atoms with Crippen LogP contribution in [0.1, 0.15) is 23.1 Å². The van der Waals surface area contributed by atoms with Crippen molar-refractivity contribution in [2.75, 3.05) is 0 Å². The molecule has 2 rings (SSSR count). The zero-order chi connectivity index (χ0) is 12.3. The van der Waals surface area contributed by atoms with E-state index in [1.165, 1.54) is 6.33 Å². The van der Waals surface area contributed by atoms with Gasteiger partial charge < -0.3 is 0 Å². The Balaban J connectivity index is 2.09. The normalized spacial score (nSPS) is 12.4. The van der Waals surface area contributed by atoms with Crippen molar-refractivity contribution in [2.45, 2.75) is 13.3 Å². The number of carbonyl (C=O) groups is 1. The summed E-state index contributed by atoms with van der Waals surface area (Å²) >= 11 is 0. The first-order valence-corrected chi connectivity index (χ1v) is 5.60. The number of ketones is 1. The number of hydrogen-bond donors (Lipinski definition) is 0. The number of aryl methyl sites for hydroxylation is 1. The molecule has 1 aromatic heterocycles. The van der Waals surface area contributed by atoms with Gasteiger partial charge in [-0.2, -0.15) is 5.10 Å². The second kappa shape index (κ2) is 4.91. The molecular formula is C13H15N3O. The van der Waals surface area contributed by atoms with E-state index in [4.69, 9.17) is 0 Å². The van der Waals surface area contributed by atoms with Crippen LogP contribution in [0.25, 0.3) is 0 Å². The molecule has 0 amide bonds. The van der Waals surface area contributed by atoms with E-state index in [-0.39, 0.29) is 11.7 Å². The van der Waals surface area contributed by atoms with Gasteiger partial charge >= 0.3 is 0 Å². The minimum atomic E-state index is -0.0831. The molecule has 0 aliphatic heterocycles. The van der Waals surface area contributed by atoms with Crippen molar-refractivity contribution < 1.29 is 4.79 Å². The molecule has 2 aromatic rings. The molecule has 1 unspecified atom stereocenters. The molecule has 4 nitrogen and oxygen atoms in total. The number of nitrogens with zero attached hydrogens (tertiary/aromatic N) is 3. The molecule has 0 radical (unpaired) electrons. The van der Waals surface area contributed by atoms with Gasteiger partial charge in [0.15, 0.2) is 5.78 Å². The first-order chi connectivity index (χ1) is 8.18. The van der Waals surface area contributed by atoms with E-state index in [2.05, 4.69) is 10.1 Å². The summed E-state index contributed by atoms with van der Waals surface area (Å²) in [6, 6.07) is 9.35. The van der Waals surface area contributed by atoms with E-state index in [0.717, 1.165) is 11.4 Å². The van der Waals surface area contributed by atoms with Crippen LogP contribution in [-0.2, 0) is 13.5 Å². The summed E-state index contributed by atoms with van der Waals surface area (Å²) in [7, 11) is 1.84. The zero-order valence-corrected chi connectivity index (χ0v) is 10.00. The highest BCUT2D eigenvalue weighted by atomic mass is 16.1. The number of rotatable bonds is 4. The fraction of sp³-hybridized carbons (Fsp3) is 0.308.